The topological polar surface area (TPSA) is 24.9 Å². The summed E-state index contributed by atoms with van der Waals surface area (Å²) in [5.41, 5.74) is 1.15. The molecule has 0 amide bonds. The summed E-state index contributed by atoms with van der Waals surface area (Å²) in [5.74, 6) is 0. The van der Waals surface area contributed by atoms with Crippen molar-refractivity contribution in [2.24, 2.45) is 0 Å². The van der Waals surface area contributed by atoms with Crippen LogP contribution >= 0.6 is 11.3 Å². The van der Waals surface area contributed by atoms with Gasteiger partial charge in [0, 0.05) is 18.0 Å². The molecular weight excluding hydrogens is 168 g/mol. The molecule has 1 N–H and O–H groups in total. The van der Waals surface area contributed by atoms with E-state index < -0.39 is 0 Å². The molecule has 0 saturated heterocycles. The minimum atomic E-state index is 0.845. The number of thiazole rings is 1. The molecule has 2 nitrogen and oxygen atoms in total. The molecule has 0 aromatic carbocycles. The van der Waals surface area contributed by atoms with E-state index in [1.54, 1.807) is 11.3 Å². The number of hydrogen-bond acceptors (Lipinski definition) is 3. The lowest BCUT2D eigenvalue weighted by Crippen LogP contribution is -2.12. The van der Waals surface area contributed by atoms with Crippen LogP contribution < -0.4 is 5.32 Å². The normalized spacial score (nSPS) is 10.2. The molecule has 12 heavy (non-hydrogen) atoms. The van der Waals surface area contributed by atoms with Gasteiger partial charge in [-0.25, -0.2) is 4.98 Å². The van der Waals surface area contributed by atoms with Crippen LogP contribution in [0.15, 0.2) is 12.7 Å². The first-order valence-electron chi connectivity index (χ1n) is 3.98. The second-order valence-electron chi connectivity index (χ2n) is 2.67. The maximum Gasteiger partial charge on any atom is 0.107 e. The summed E-state index contributed by atoms with van der Waals surface area (Å²) < 4.78 is 0. The molecule has 0 atom stereocenters. The molecular formula is C9H14N2S. The third kappa shape index (κ3) is 2.43. The highest BCUT2D eigenvalue weighted by molar-refractivity contribution is 7.11. The van der Waals surface area contributed by atoms with Crippen molar-refractivity contribution < 1.29 is 0 Å². The molecule has 0 aliphatic heterocycles. The Bertz CT molecular complexity index is 246. The van der Waals surface area contributed by atoms with E-state index in [0.717, 1.165) is 23.8 Å². The Balaban J connectivity index is 2.47. The van der Waals surface area contributed by atoms with Crippen LogP contribution in [0.5, 0.6) is 0 Å². The second-order valence-corrected chi connectivity index (χ2v) is 3.96. The number of aryl methyl sites for hydroxylation is 2. The zero-order chi connectivity index (χ0) is 8.97. The van der Waals surface area contributed by atoms with Gasteiger partial charge in [0.25, 0.3) is 0 Å². The molecule has 0 bridgehead atoms. The highest BCUT2D eigenvalue weighted by Crippen LogP contribution is 2.15. The Morgan fingerprint density at radius 2 is 2.33 bits per heavy atom. The zero-order valence-corrected chi connectivity index (χ0v) is 8.37. The van der Waals surface area contributed by atoms with Crippen molar-refractivity contribution in [2.45, 2.75) is 20.4 Å². The number of hydrogen-bond donors (Lipinski definition) is 1. The average Bonchev–Trinajstić information content (AvgIpc) is 2.32. The van der Waals surface area contributed by atoms with Crippen LogP contribution in [0, 0.1) is 13.8 Å². The van der Waals surface area contributed by atoms with Crippen LogP contribution in [-0.2, 0) is 6.54 Å². The molecule has 0 unspecified atom stereocenters. The van der Waals surface area contributed by atoms with Crippen LogP contribution in [0.25, 0.3) is 0 Å². The van der Waals surface area contributed by atoms with Gasteiger partial charge >= 0.3 is 0 Å². The molecule has 0 fully saturated rings. The highest BCUT2D eigenvalue weighted by Gasteiger charge is 2.01. The van der Waals surface area contributed by atoms with Crippen molar-refractivity contribution in [1.29, 1.82) is 0 Å². The number of nitrogens with one attached hydrogen (secondary N) is 1. The van der Waals surface area contributed by atoms with Crippen molar-refractivity contribution in [3.05, 3.63) is 28.2 Å². The fraction of sp³-hybridized carbons (Fsp3) is 0.444. The lowest BCUT2D eigenvalue weighted by molar-refractivity contribution is 0.753. The largest absolute Gasteiger partial charge is 0.307 e. The minimum Gasteiger partial charge on any atom is -0.307 e. The third-order valence-electron chi connectivity index (χ3n) is 1.64. The Labute approximate surface area is 77.3 Å². The Hall–Kier alpha value is -0.670. The molecule has 0 radical (unpaired) electrons. The van der Waals surface area contributed by atoms with Crippen molar-refractivity contribution in [1.82, 2.24) is 10.3 Å². The quantitative estimate of drug-likeness (QED) is 0.569. The Morgan fingerprint density at radius 1 is 1.58 bits per heavy atom. The summed E-state index contributed by atoms with van der Waals surface area (Å²) in [6.07, 6.45) is 1.85. The summed E-state index contributed by atoms with van der Waals surface area (Å²) >= 11 is 1.76. The van der Waals surface area contributed by atoms with Crippen LogP contribution in [0.3, 0.4) is 0 Å². The zero-order valence-electron chi connectivity index (χ0n) is 7.55. The average molecular weight is 182 g/mol. The standard InChI is InChI=1S/C9H14N2S/c1-4-5-10-6-9-11-7(2)8(3)12-9/h4,10H,1,5-6H2,2-3H3. The van der Waals surface area contributed by atoms with Gasteiger partial charge in [-0.3, -0.25) is 0 Å². The number of aromatic nitrogens is 1. The van der Waals surface area contributed by atoms with E-state index in [1.165, 1.54) is 4.88 Å². The lowest BCUT2D eigenvalue weighted by atomic mass is 10.4. The molecule has 1 rings (SSSR count). The SMILES string of the molecule is C=CCNCc1nc(C)c(C)s1. The fourth-order valence-electron chi connectivity index (χ4n) is 0.896. The summed E-state index contributed by atoms with van der Waals surface area (Å²) in [7, 11) is 0. The van der Waals surface area contributed by atoms with Crippen molar-refractivity contribution in [3.63, 3.8) is 0 Å². The van der Waals surface area contributed by atoms with Gasteiger partial charge in [0.2, 0.25) is 0 Å². The van der Waals surface area contributed by atoms with E-state index in [9.17, 15) is 0 Å². The minimum absolute atomic E-state index is 0.845. The smallest absolute Gasteiger partial charge is 0.107 e. The van der Waals surface area contributed by atoms with Gasteiger partial charge in [0.05, 0.1) is 5.69 Å². The predicted molar refractivity (Wildman–Crippen MR) is 53.5 cm³/mol. The molecule has 3 heteroatoms. The van der Waals surface area contributed by atoms with Crippen molar-refractivity contribution in [2.75, 3.05) is 6.54 Å². The Kier molecular flexibility index (Phi) is 3.44. The van der Waals surface area contributed by atoms with Crippen molar-refractivity contribution in [3.8, 4) is 0 Å². The highest BCUT2D eigenvalue weighted by atomic mass is 32.1. The van der Waals surface area contributed by atoms with Crippen molar-refractivity contribution >= 4 is 11.3 Å². The molecule has 0 spiro atoms. The van der Waals surface area contributed by atoms with E-state index in [2.05, 4.69) is 23.8 Å². The maximum atomic E-state index is 4.40. The fourth-order valence-corrected chi connectivity index (χ4v) is 1.80. The lowest BCUT2D eigenvalue weighted by Gasteiger charge is -1.95. The first-order valence-corrected chi connectivity index (χ1v) is 4.80. The summed E-state index contributed by atoms with van der Waals surface area (Å²) in [5, 5.41) is 4.38. The molecule has 1 aromatic rings. The summed E-state index contributed by atoms with van der Waals surface area (Å²) in [6, 6.07) is 0. The second kappa shape index (κ2) is 4.38. The van der Waals surface area contributed by atoms with E-state index in [1.807, 2.05) is 13.0 Å². The van der Waals surface area contributed by atoms with E-state index in [-0.39, 0.29) is 0 Å². The Morgan fingerprint density at radius 3 is 2.83 bits per heavy atom. The maximum absolute atomic E-state index is 4.40. The van der Waals surface area contributed by atoms with Gasteiger partial charge in [-0.2, -0.15) is 0 Å². The van der Waals surface area contributed by atoms with Gasteiger partial charge in [-0.05, 0) is 13.8 Å². The van der Waals surface area contributed by atoms with Gasteiger partial charge in [0.15, 0.2) is 0 Å². The van der Waals surface area contributed by atoms with E-state index in [4.69, 9.17) is 0 Å². The van der Waals surface area contributed by atoms with Gasteiger partial charge in [-0.15, -0.1) is 17.9 Å². The van der Waals surface area contributed by atoms with Gasteiger partial charge < -0.3 is 5.32 Å². The van der Waals surface area contributed by atoms with Crippen LogP contribution in [0.2, 0.25) is 0 Å². The molecule has 0 aliphatic rings. The van der Waals surface area contributed by atoms with Crippen LogP contribution in [0.4, 0.5) is 0 Å². The molecule has 1 aromatic heterocycles. The number of rotatable bonds is 4. The van der Waals surface area contributed by atoms with Crippen LogP contribution in [-0.4, -0.2) is 11.5 Å². The number of nitrogens with zero attached hydrogens (tertiary/aromatic N) is 1. The monoisotopic (exact) mass is 182 g/mol. The third-order valence-corrected chi connectivity index (χ3v) is 2.71. The van der Waals surface area contributed by atoms with E-state index in [0.29, 0.717) is 0 Å². The summed E-state index contributed by atoms with van der Waals surface area (Å²) in [4.78, 5) is 5.71. The summed E-state index contributed by atoms with van der Waals surface area (Å²) in [6.45, 7) is 9.48. The molecule has 66 valence electrons. The first-order chi connectivity index (χ1) is 5.74. The van der Waals surface area contributed by atoms with E-state index >= 15 is 0 Å². The molecule has 0 aliphatic carbocycles. The van der Waals surface area contributed by atoms with Gasteiger partial charge in [-0.1, -0.05) is 6.08 Å². The van der Waals surface area contributed by atoms with Crippen LogP contribution in [0.1, 0.15) is 15.6 Å². The molecule has 0 saturated carbocycles. The van der Waals surface area contributed by atoms with Gasteiger partial charge in [0.1, 0.15) is 5.01 Å². The predicted octanol–water partition coefficient (Wildman–Crippen LogP) is 2.04. The first kappa shape index (κ1) is 9.42. The molecule has 1 heterocycles.